The fourth-order valence-electron chi connectivity index (χ4n) is 5.25. The highest BCUT2D eigenvalue weighted by Gasteiger charge is 2.37. The van der Waals surface area contributed by atoms with Gasteiger partial charge in [-0.3, -0.25) is 14.4 Å². The van der Waals surface area contributed by atoms with E-state index in [1.165, 1.54) is 4.90 Å². The number of nitrogens with one attached hydrogen (secondary N) is 1. The molecule has 0 saturated heterocycles. The number of benzene rings is 1. The van der Waals surface area contributed by atoms with E-state index < -0.39 is 35.2 Å². The average Bonchev–Trinajstić information content (AvgIpc) is 3.08. The summed E-state index contributed by atoms with van der Waals surface area (Å²) in [6.45, 7) is 15.2. The number of allylic oxidation sites excluding steroid dienone is 1. The lowest BCUT2D eigenvalue weighted by molar-refractivity contribution is -0.155. The fourth-order valence-corrected chi connectivity index (χ4v) is 5.25. The quantitative estimate of drug-likeness (QED) is 0.371. The molecule has 0 bridgehead atoms. The molecule has 3 atom stereocenters. The summed E-state index contributed by atoms with van der Waals surface area (Å²) < 4.78 is 10.8. The van der Waals surface area contributed by atoms with Crippen LogP contribution in [0, 0.1) is 5.92 Å². The van der Waals surface area contributed by atoms with Crippen LogP contribution >= 0.6 is 0 Å². The number of alkyl carbamates (subject to hydrolysis) is 1. The molecule has 1 heterocycles. The van der Waals surface area contributed by atoms with E-state index in [1.807, 2.05) is 32.9 Å². The molecule has 3 N–H and O–H groups in total. The maximum Gasteiger partial charge on any atom is 0.407 e. The van der Waals surface area contributed by atoms with Crippen molar-refractivity contribution < 1.29 is 28.7 Å². The Labute approximate surface area is 231 Å². The monoisotopic (exact) mass is 541 g/mol. The fraction of sp³-hybridized carbons (Fsp3) is 0.600. The van der Waals surface area contributed by atoms with Crippen molar-refractivity contribution in [3.63, 3.8) is 0 Å². The molecule has 3 amide bonds. The lowest BCUT2D eigenvalue weighted by atomic mass is 9.78. The second kappa shape index (κ2) is 11.8. The van der Waals surface area contributed by atoms with Gasteiger partial charge in [0.1, 0.15) is 17.2 Å². The number of esters is 1. The SMILES string of the molecule is C=C1CC[C@H](NC(=O)OC(C)(C)C)[C@@H](Cc2ccc3c(c2)CN([C@@H](CCC(=O)OC(C)(C)C)C(N)=O)C3=O)C1. The third-order valence-corrected chi connectivity index (χ3v) is 6.88. The van der Waals surface area contributed by atoms with E-state index in [4.69, 9.17) is 15.2 Å². The number of fused-ring (bicyclic) bond motifs is 1. The van der Waals surface area contributed by atoms with Crippen LogP contribution in [0.3, 0.4) is 0 Å². The van der Waals surface area contributed by atoms with Crippen LogP contribution < -0.4 is 11.1 Å². The van der Waals surface area contributed by atoms with E-state index in [0.717, 1.165) is 36.0 Å². The van der Waals surface area contributed by atoms with Gasteiger partial charge in [0.15, 0.2) is 0 Å². The molecule has 0 radical (unpaired) electrons. The zero-order valence-corrected chi connectivity index (χ0v) is 24.1. The van der Waals surface area contributed by atoms with Gasteiger partial charge >= 0.3 is 12.1 Å². The van der Waals surface area contributed by atoms with Crippen LogP contribution in [-0.4, -0.2) is 52.1 Å². The van der Waals surface area contributed by atoms with Crippen LogP contribution in [0.15, 0.2) is 30.4 Å². The molecule has 0 aromatic heterocycles. The molecule has 1 fully saturated rings. The molecule has 1 saturated carbocycles. The topological polar surface area (TPSA) is 128 Å². The zero-order valence-electron chi connectivity index (χ0n) is 24.1. The first-order chi connectivity index (χ1) is 18.0. The summed E-state index contributed by atoms with van der Waals surface area (Å²) in [5, 5.41) is 3.04. The largest absolute Gasteiger partial charge is 0.460 e. The van der Waals surface area contributed by atoms with Gasteiger partial charge in [0.05, 0.1) is 0 Å². The van der Waals surface area contributed by atoms with E-state index >= 15 is 0 Å². The number of nitrogens with zero attached hydrogens (tertiary/aromatic N) is 1. The Kier molecular flexibility index (Phi) is 9.13. The molecule has 1 aromatic carbocycles. The number of rotatable bonds is 8. The molecule has 1 aliphatic carbocycles. The first kappa shape index (κ1) is 30.2. The minimum atomic E-state index is -0.912. The third-order valence-electron chi connectivity index (χ3n) is 6.88. The van der Waals surface area contributed by atoms with E-state index in [-0.39, 0.29) is 37.3 Å². The van der Waals surface area contributed by atoms with Crippen LogP contribution in [0.1, 0.15) is 95.1 Å². The van der Waals surface area contributed by atoms with E-state index in [2.05, 4.69) is 11.9 Å². The number of hydrogen-bond donors (Lipinski definition) is 2. The van der Waals surface area contributed by atoms with Crippen LogP contribution in [0.5, 0.6) is 0 Å². The summed E-state index contributed by atoms with van der Waals surface area (Å²) in [6.07, 6.45) is 2.77. The van der Waals surface area contributed by atoms with Crippen LogP contribution in [0.2, 0.25) is 0 Å². The summed E-state index contributed by atoms with van der Waals surface area (Å²) >= 11 is 0. The maximum atomic E-state index is 13.2. The highest BCUT2D eigenvalue weighted by atomic mass is 16.6. The van der Waals surface area contributed by atoms with Crippen LogP contribution in [-0.2, 0) is 32.0 Å². The van der Waals surface area contributed by atoms with E-state index in [1.54, 1.807) is 26.8 Å². The number of ether oxygens (including phenoxy) is 2. The Balaban J connectivity index is 1.70. The number of carbonyl (C=O) groups excluding carboxylic acids is 4. The van der Waals surface area contributed by atoms with Crippen molar-refractivity contribution in [1.82, 2.24) is 10.2 Å². The van der Waals surface area contributed by atoms with Crippen molar-refractivity contribution >= 4 is 23.9 Å². The van der Waals surface area contributed by atoms with Gasteiger partial charge in [0.25, 0.3) is 5.91 Å². The first-order valence-electron chi connectivity index (χ1n) is 13.6. The van der Waals surface area contributed by atoms with Gasteiger partial charge in [-0.1, -0.05) is 24.3 Å². The number of nitrogens with two attached hydrogens (primary N) is 1. The average molecular weight is 542 g/mol. The molecule has 3 rings (SSSR count). The number of amides is 3. The second-order valence-corrected chi connectivity index (χ2v) is 12.7. The van der Waals surface area contributed by atoms with Gasteiger partial charge in [0.2, 0.25) is 5.91 Å². The Hall–Kier alpha value is -3.36. The Morgan fingerprint density at radius 2 is 1.79 bits per heavy atom. The molecular weight excluding hydrogens is 498 g/mol. The molecular formula is C30H43N3O6. The van der Waals surface area contributed by atoms with Gasteiger partial charge in [-0.25, -0.2) is 4.79 Å². The molecule has 39 heavy (non-hydrogen) atoms. The highest BCUT2D eigenvalue weighted by molar-refractivity contribution is 6.01. The van der Waals surface area contributed by atoms with Crippen molar-refractivity contribution in [2.45, 2.75) is 110 Å². The van der Waals surface area contributed by atoms with Gasteiger partial charge in [-0.05, 0) is 96.8 Å². The van der Waals surface area contributed by atoms with Crippen molar-refractivity contribution in [3.8, 4) is 0 Å². The van der Waals surface area contributed by atoms with Crippen molar-refractivity contribution in [2.24, 2.45) is 11.7 Å². The molecule has 0 spiro atoms. The molecule has 214 valence electrons. The summed E-state index contributed by atoms with van der Waals surface area (Å²) in [5.41, 5.74) is 7.96. The third kappa shape index (κ3) is 8.57. The molecule has 1 aromatic rings. The smallest absolute Gasteiger partial charge is 0.407 e. The normalized spacial score (nSPS) is 20.3. The van der Waals surface area contributed by atoms with Crippen LogP contribution in [0.4, 0.5) is 4.79 Å². The highest BCUT2D eigenvalue weighted by Crippen LogP contribution is 2.33. The Morgan fingerprint density at radius 1 is 1.13 bits per heavy atom. The predicted molar refractivity (Wildman–Crippen MR) is 148 cm³/mol. The molecule has 0 unspecified atom stereocenters. The van der Waals surface area contributed by atoms with Gasteiger partial charge in [0, 0.05) is 24.6 Å². The van der Waals surface area contributed by atoms with Crippen molar-refractivity contribution in [2.75, 3.05) is 0 Å². The summed E-state index contributed by atoms with van der Waals surface area (Å²) in [5.74, 6) is -1.24. The zero-order chi connectivity index (χ0) is 29.1. The number of primary amides is 1. The first-order valence-corrected chi connectivity index (χ1v) is 13.6. The summed E-state index contributed by atoms with van der Waals surface area (Å²) in [4.78, 5) is 51.5. The standard InChI is InChI=1S/C30H43N3O6/c1-18-8-11-23(32-28(37)39-30(5,6)7)20(14-18)15-19-9-10-22-21(16-19)17-33(27(22)36)24(26(31)35)12-13-25(34)38-29(2,3)4/h9-10,16,20,23-24H,1,8,11-15,17H2,2-7H3,(H2,31,35)(H,32,37)/t20-,23+,24+/m1/s1. The van der Waals surface area contributed by atoms with E-state index in [0.29, 0.717) is 12.0 Å². The summed E-state index contributed by atoms with van der Waals surface area (Å²) in [6, 6.07) is 4.73. The minimum Gasteiger partial charge on any atom is -0.460 e. The Bertz CT molecular complexity index is 1130. The van der Waals surface area contributed by atoms with Gasteiger partial charge in [-0.2, -0.15) is 0 Å². The number of hydrogen-bond acceptors (Lipinski definition) is 6. The molecule has 9 heteroatoms. The van der Waals surface area contributed by atoms with Crippen molar-refractivity contribution in [3.05, 3.63) is 47.0 Å². The van der Waals surface area contributed by atoms with Crippen LogP contribution in [0.25, 0.3) is 0 Å². The lowest BCUT2D eigenvalue weighted by Crippen LogP contribution is -2.45. The minimum absolute atomic E-state index is 0.0200. The maximum absolute atomic E-state index is 13.2. The van der Waals surface area contributed by atoms with Gasteiger partial charge < -0.3 is 25.4 Å². The predicted octanol–water partition coefficient (Wildman–Crippen LogP) is 4.41. The Morgan fingerprint density at radius 3 is 2.41 bits per heavy atom. The molecule has 2 aliphatic rings. The number of carbonyl (C=O) groups is 4. The summed E-state index contributed by atoms with van der Waals surface area (Å²) in [7, 11) is 0. The molecule has 9 nitrogen and oxygen atoms in total. The lowest BCUT2D eigenvalue weighted by Gasteiger charge is -2.34. The molecule has 1 aliphatic heterocycles. The second-order valence-electron chi connectivity index (χ2n) is 12.7. The van der Waals surface area contributed by atoms with Crippen molar-refractivity contribution in [1.29, 1.82) is 0 Å². The van der Waals surface area contributed by atoms with E-state index in [9.17, 15) is 19.2 Å². The van der Waals surface area contributed by atoms with Gasteiger partial charge in [-0.15, -0.1) is 0 Å².